The molecule has 280 valence electrons. The largest absolute Gasteiger partial charge is 0.489 e. The van der Waals surface area contributed by atoms with E-state index in [1.54, 1.807) is 24.3 Å². The highest BCUT2D eigenvalue weighted by molar-refractivity contribution is 5.52. The lowest BCUT2D eigenvalue weighted by atomic mass is 9.80. The molecule has 0 amide bonds. The van der Waals surface area contributed by atoms with Crippen molar-refractivity contribution in [3.05, 3.63) is 166 Å². The summed E-state index contributed by atoms with van der Waals surface area (Å²) in [5, 5.41) is 0. The van der Waals surface area contributed by atoms with Gasteiger partial charge in [-0.15, -0.1) is 0 Å². The van der Waals surface area contributed by atoms with E-state index in [4.69, 9.17) is 18.9 Å². The van der Waals surface area contributed by atoms with Gasteiger partial charge in [-0.2, -0.15) is 0 Å². The Morgan fingerprint density at radius 1 is 0.377 bits per heavy atom. The third kappa shape index (κ3) is 10.1. The summed E-state index contributed by atoms with van der Waals surface area (Å²) in [5.41, 5.74) is 14.3. The lowest BCUT2D eigenvalue weighted by Gasteiger charge is -2.26. The highest BCUT2D eigenvalue weighted by Crippen LogP contribution is 2.41. The molecule has 4 heteroatoms. The number of benzene rings is 4. The molecular weight excluding hydrogens is 653 g/mol. The minimum Gasteiger partial charge on any atom is -0.489 e. The predicted octanol–water partition coefficient (Wildman–Crippen LogP) is 12.5. The van der Waals surface area contributed by atoms with Crippen LogP contribution in [0.2, 0.25) is 0 Å². The topological polar surface area (TPSA) is 36.9 Å². The second-order valence-electron chi connectivity index (χ2n) is 14.4. The number of ether oxygens (including phenoxy) is 4. The quantitative estimate of drug-likeness (QED) is 0.0855. The molecule has 0 unspecified atom stereocenters. The van der Waals surface area contributed by atoms with Crippen molar-refractivity contribution >= 4 is 0 Å². The molecule has 0 saturated carbocycles. The fraction of sp³-hybridized carbons (Fsp3) is 0.347. The Bertz CT molecular complexity index is 1560. The van der Waals surface area contributed by atoms with Crippen LogP contribution in [0.25, 0.3) is 0 Å². The van der Waals surface area contributed by atoms with Gasteiger partial charge in [0.25, 0.3) is 0 Å². The zero-order valence-electron chi connectivity index (χ0n) is 33.5. The van der Waals surface area contributed by atoms with E-state index in [2.05, 4.69) is 130 Å². The van der Waals surface area contributed by atoms with Crippen molar-refractivity contribution in [1.29, 1.82) is 0 Å². The van der Waals surface area contributed by atoms with Crippen LogP contribution in [0.5, 0.6) is 23.0 Å². The standard InChI is InChI=1S/C49H60O4/c1-13-20-50-46-32(5)24-40(25-33(46)6)44(41-26-34(7)47(35(8)27-41)51-21-14-2)18-17-19-45(42-28-36(9)48(37(10)29-42)52-22-15-3)43-30-38(11)49(39(12)31-43)53-23-16-4/h13-16,24-31,44-45H,1-4,17-23H2,5-12H3. The Kier molecular flexibility index (Phi) is 14.8. The molecule has 4 aromatic carbocycles. The van der Waals surface area contributed by atoms with E-state index < -0.39 is 0 Å². The lowest BCUT2D eigenvalue weighted by molar-refractivity contribution is 0.357. The first-order valence-electron chi connectivity index (χ1n) is 18.8. The minimum atomic E-state index is 0.184. The van der Waals surface area contributed by atoms with Crippen LogP contribution < -0.4 is 18.9 Å². The SMILES string of the molecule is C=CCOc1c(C)cc(C(CCCC(c2cc(C)c(OCC=C)c(C)c2)c2cc(C)c(OCC=C)c(C)c2)c2cc(C)c(OCC=C)c(C)c2)cc1C. The maximum absolute atomic E-state index is 6.09. The van der Waals surface area contributed by atoms with Gasteiger partial charge >= 0.3 is 0 Å². The first-order valence-corrected chi connectivity index (χ1v) is 18.8. The monoisotopic (exact) mass is 712 g/mol. The van der Waals surface area contributed by atoms with Crippen molar-refractivity contribution in [1.82, 2.24) is 0 Å². The van der Waals surface area contributed by atoms with E-state index in [9.17, 15) is 0 Å². The van der Waals surface area contributed by atoms with Crippen LogP contribution in [0.4, 0.5) is 0 Å². The maximum Gasteiger partial charge on any atom is 0.125 e. The zero-order chi connectivity index (χ0) is 38.7. The molecule has 0 aliphatic rings. The van der Waals surface area contributed by atoms with Crippen LogP contribution in [0.1, 0.15) is 97.9 Å². The van der Waals surface area contributed by atoms with Gasteiger partial charge in [0.05, 0.1) is 0 Å². The molecule has 0 atom stereocenters. The van der Waals surface area contributed by atoms with Crippen LogP contribution in [0, 0.1) is 55.4 Å². The number of rotatable bonds is 20. The minimum absolute atomic E-state index is 0.184. The third-order valence-electron chi connectivity index (χ3n) is 9.91. The van der Waals surface area contributed by atoms with Crippen LogP contribution in [-0.4, -0.2) is 26.4 Å². The smallest absolute Gasteiger partial charge is 0.125 e. The third-order valence-corrected chi connectivity index (χ3v) is 9.91. The molecule has 0 saturated heterocycles. The fourth-order valence-electron chi connectivity index (χ4n) is 7.80. The highest BCUT2D eigenvalue weighted by atomic mass is 16.5. The van der Waals surface area contributed by atoms with Gasteiger partial charge in [-0.05, 0) is 135 Å². The Hall–Kier alpha value is -4.96. The summed E-state index contributed by atoms with van der Waals surface area (Å²) in [6.45, 7) is 34.5. The van der Waals surface area contributed by atoms with Crippen molar-refractivity contribution in [3.63, 3.8) is 0 Å². The van der Waals surface area contributed by atoms with Crippen LogP contribution in [-0.2, 0) is 0 Å². The summed E-state index contributed by atoms with van der Waals surface area (Å²) in [5.74, 6) is 4.11. The summed E-state index contributed by atoms with van der Waals surface area (Å²) in [4.78, 5) is 0. The van der Waals surface area contributed by atoms with E-state index in [-0.39, 0.29) is 11.8 Å². The fourth-order valence-corrected chi connectivity index (χ4v) is 7.80. The van der Waals surface area contributed by atoms with Crippen molar-refractivity contribution in [3.8, 4) is 23.0 Å². The number of hydrogen-bond donors (Lipinski definition) is 0. The molecule has 0 radical (unpaired) electrons. The first kappa shape index (κ1) is 40.8. The van der Waals surface area contributed by atoms with Crippen LogP contribution in [0.3, 0.4) is 0 Å². The molecule has 0 spiro atoms. The van der Waals surface area contributed by atoms with Gasteiger partial charge in [0.1, 0.15) is 49.4 Å². The molecule has 0 fully saturated rings. The summed E-state index contributed by atoms with van der Waals surface area (Å²) < 4.78 is 24.4. The Labute approximate surface area is 319 Å². The molecule has 0 bridgehead atoms. The number of hydrogen-bond acceptors (Lipinski definition) is 4. The molecule has 0 N–H and O–H groups in total. The summed E-state index contributed by atoms with van der Waals surface area (Å²) in [6.07, 6.45) is 10.1. The Morgan fingerprint density at radius 3 is 0.736 bits per heavy atom. The van der Waals surface area contributed by atoms with Gasteiger partial charge in [-0.3, -0.25) is 0 Å². The molecular formula is C49H60O4. The van der Waals surface area contributed by atoms with Crippen molar-refractivity contribution < 1.29 is 18.9 Å². The van der Waals surface area contributed by atoms with E-state index in [1.807, 2.05) is 0 Å². The zero-order valence-corrected chi connectivity index (χ0v) is 33.5. The van der Waals surface area contributed by atoms with E-state index in [0.717, 1.165) is 86.8 Å². The molecule has 4 rings (SSSR count). The summed E-state index contributed by atoms with van der Waals surface area (Å²) in [6, 6.07) is 18.5. The summed E-state index contributed by atoms with van der Waals surface area (Å²) >= 11 is 0. The van der Waals surface area contributed by atoms with Gasteiger partial charge in [0.15, 0.2) is 0 Å². The van der Waals surface area contributed by atoms with Crippen LogP contribution >= 0.6 is 0 Å². The molecule has 4 nitrogen and oxygen atoms in total. The van der Waals surface area contributed by atoms with Gasteiger partial charge in [-0.1, -0.05) is 106 Å². The van der Waals surface area contributed by atoms with Gasteiger partial charge < -0.3 is 18.9 Å². The molecule has 4 aromatic rings. The highest BCUT2D eigenvalue weighted by Gasteiger charge is 2.23. The van der Waals surface area contributed by atoms with Gasteiger partial charge in [0, 0.05) is 11.8 Å². The predicted molar refractivity (Wildman–Crippen MR) is 224 cm³/mol. The Morgan fingerprint density at radius 2 is 0.566 bits per heavy atom. The van der Waals surface area contributed by atoms with Crippen LogP contribution in [0.15, 0.2) is 99.2 Å². The first-order chi connectivity index (χ1) is 25.4. The average Bonchev–Trinajstić information content (AvgIpc) is 3.10. The molecule has 53 heavy (non-hydrogen) atoms. The summed E-state index contributed by atoms with van der Waals surface area (Å²) in [7, 11) is 0. The average molecular weight is 713 g/mol. The van der Waals surface area contributed by atoms with E-state index in [1.165, 1.54) is 22.3 Å². The van der Waals surface area contributed by atoms with Crippen molar-refractivity contribution in [2.75, 3.05) is 26.4 Å². The van der Waals surface area contributed by atoms with Crippen molar-refractivity contribution in [2.45, 2.75) is 86.5 Å². The maximum atomic E-state index is 6.09. The van der Waals surface area contributed by atoms with Gasteiger partial charge in [0.2, 0.25) is 0 Å². The molecule has 0 aromatic heterocycles. The second-order valence-corrected chi connectivity index (χ2v) is 14.4. The molecule has 0 aliphatic heterocycles. The lowest BCUT2D eigenvalue weighted by Crippen LogP contribution is -2.09. The van der Waals surface area contributed by atoms with Crippen molar-refractivity contribution in [2.24, 2.45) is 0 Å². The number of aryl methyl sites for hydroxylation is 8. The normalized spacial score (nSPS) is 11.1. The molecule has 0 heterocycles. The van der Waals surface area contributed by atoms with Gasteiger partial charge in [-0.25, -0.2) is 0 Å². The molecule has 0 aliphatic carbocycles. The van der Waals surface area contributed by atoms with E-state index in [0.29, 0.717) is 26.4 Å². The Balaban J connectivity index is 1.78. The van der Waals surface area contributed by atoms with E-state index >= 15 is 0 Å². The second kappa shape index (κ2) is 19.2.